The molecule has 0 spiro atoms. The number of carbonyl (C=O) groups is 2. The van der Waals surface area contributed by atoms with Crippen LogP contribution in [-0.2, 0) is 9.47 Å². The molecule has 6 nitrogen and oxygen atoms in total. The summed E-state index contributed by atoms with van der Waals surface area (Å²) < 4.78 is 11.5. The lowest BCUT2D eigenvalue weighted by atomic mass is 9.67. The largest absolute Gasteiger partial charge is 0.442 e. The number of carbonyl (C=O) groups excluding carboxylic acids is 2. The van der Waals surface area contributed by atoms with Gasteiger partial charge in [0, 0.05) is 11.4 Å². The van der Waals surface area contributed by atoms with Crippen LogP contribution in [-0.4, -0.2) is 24.4 Å². The Kier molecular flexibility index (Phi) is 5.46. The van der Waals surface area contributed by atoms with E-state index in [1.165, 1.54) is 0 Å². The predicted molar refractivity (Wildman–Crippen MR) is 106 cm³/mol. The van der Waals surface area contributed by atoms with Crippen molar-refractivity contribution in [1.82, 2.24) is 0 Å². The zero-order valence-corrected chi connectivity index (χ0v) is 15.5. The molecule has 6 heteroatoms. The fourth-order valence-electron chi connectivity index (χ4n) is 4.25. The van der Waals surface area contributed by atoms with Gasteiger partial charge in [-0.1, -0.05) is 36.4 Å². The first-order chi connectivity index (χ1) is 13.7. The molecule has 146 valence electrons. The van der Waals surface area contributed by atoms with E-state index in [4.69, 9.17) is 9.47 Å². The van der Waals surface area contributed by atoms with Gasteiger partial charge in [-0.2, -0.15) is 0 Å². The molecular weight excluding hydrogens is 356 g/mol. The highest BCUT2D eigenvalue weighted by atomic mass is 16.6. The van der Waals surface area contributed by atoms with Crippen LogP contribution in [0.3, 0.4) is 0 Å². The van der Waals surface area contributed by atoms with Gasteiger partial charge < -0.3 is 9.47 Å². The Morgan fingerprint density at radius 1 is 0.643 bits per heavy atom. The van der Waals surface area contributed by atoms with Crippen molar-refractivity contribution in [3.8, 4) is 0 Å². The van der Waals surface area contributed by atoms with Gasteiger partial charge in [0.1, 0.15) is 12.2 Å². The summed E-state index contributed by atoms with van der Waals surface area (Å²) in [5, 5.41) is 5.49. The van der Waals surface area contributed by atoms with Gasteiger partial charge in [-0.25, -0.2) is 9.59 Å². The molecule has 0 saturated heterocycles. The van der Waals surface area contributed by atoms with E-state index < -0.39 is 24.4 Å². The molecule has 0 radical (unpaired) electrons. The molecular formula is C22H24N2O4. The summed E-state index contributed by atoms with van der Waals surface area (Å²) in [6, 6.07) is 18.3. The molecule has 5 rings (SSSR count). The topological polar surface area (TPSA) is 76.7 Å². The minimum atomic E-state index is -0.513. The lowest BCUT2D eigenvalue weighted by molar-refractivity contribution is -0.110. The van der Waals surface area contributed by atoms with Gasteiger partial charge in [0.2, 0.25) is 0 Å². The van der Waals surface area contributed by atoms with Crippen LogP contribution >= 0.6 is 0 Å². The van der Waals surface area contributed by atoms with Crippen molar-refractivity contribution in [1.29, 1.82) is 0 Å². The monoisotopic (exact) mass is 380 g/mol. The third-order valence-corrected chi connectivity index (χ3v) is 5.60. The third-order valence-electron chi connectivity index (χ3n) is 5.60. The summed E-state index contributed by atoms with van der Waals surface area (Å²) in [7, 11) is 0. The van der Waals surface area contributed by atoms with Gasteiger partial charge >= 0.3 is 12.2 Å². The van der Waals surface area contributed by atoms with E-state index in [1.54, 1.807) is 24.3 Å². The fraction of sp³-hybridized carbons (Fsp3) is 0.364. The Bertz CT molecular complexity index is 734. The van der Waals surface area contributed by atoms with Crippen LogP contribution in [0.5, 0.6) is 0 Å². The average molecular weight is 380 g/mol. The number of ether oxygens (including phenoxy) is 2. The average Bonchev–Trinajstić information content (AvgIpc) is 2.72. The minimum absolute atomic E-state index is 0.223. The van der Waals surface area contributed by atoms with Crippen LogP contribution in [0.2, 0.25) is 0 Å². The standard InChI is InChI=1S/C22H24N2O4/c25-21(23-17-7-3-1-4-8-17)27-19-15-11-13-16(14-12-15)20(19)28-22(26)24-18-9-5-2-6-10-18/h1-10,15-16,19-20H,11-14H2,(H,23,25)(H,24,26)/t15?,16?,19-,20-/m0/s1. The van der Waals surface area contributed by atoms with Crippen LogP contribution in [0.15, 0.2) is 60.7 Å². The van der Waals surface area contributed by atoms with Crippen LogP contribution < -0.4 is 10.6 Å². The quantitative estimate of drug-likeness (QED) is 0.779. The second-order valence-electron chi connectivity index (χ2n) is 7.40. The van der Waals surface area contributed by atoms with Crippen LogP contribution in [0.4, 0.5) is 21.0 Å². The first-order valence-corrected chi connectivity index (χ1v) is 9.74. The van der Waals surface area contributed by atoms with E-state index in [1.807, 2.05) is 36.4 Å². The second kappa shape index (κ2) is 8.33. The maximum absolute atomic E-state index is 12.4. The Morgan fingerprint density at radius 3 is 1.36 bits per heavy atom. The number of hydrogen-bond donors (Lipinski definition) is 2. The van der Waals surface area contributed by atoms with Gasteiger partial charge in [-0.05, 0) is 61.8 Å². The lowest BCUT2D eigenvalue weighted by Crippen LogP contribution is -2.52. The lowest BCUT2D eigenvalue weighted by Gasteiger charge is -2.46. The van der Waals surface area contributed by atoms with E-state index >= 15 is 0 Å². The Morgan fingerprint density at radius 2 is 1.00 bits per heavy atom. The van der Waals surface area contributed by atoms with E-state index in [0.717, 1.165) is 25.7 Å². The Labute approximate surface area is 164 Å². The maximum atomic E-state index is 12.4. The van der Waals surface area contributed by atoms with Crippen LogP contribution in [0, 0.1) is 11.8 Å². The first kappa shape index (κ1) is 18.3. The Hall–Kier alpha value is -3.02. The number of nitrogens with one attached hydrogen (secondary N) is 2. The zero-order valence-electron chi connectivity index (χ0n) is 15.5. The summed E-state index contributed by atoms with van der Waals surface area (Å²) in [5.41, 5.74) is 1.35. The van der Waals surface area contributed by atoms with Gasteiger partial charge in [0.25, 0.3) is 0 Å². The van der Waals surface area contributed by atoms with E-state index in [2.05, 4.69) is 10.6 Å². The molecule has 2 bridgehead atoms. The van der Waals surface area contributed by atoms with Gasteiger partial charge in [-0.15, -0.1) is 0 Å². The maximum Gasteiger partial charge on any atom is 0.412 e. The van der Waals surface area contributed by atoms with E-state index in [-0.39, 0.29) is 11.8 Å². The normalized spacial score (nSPS) is 25.6. The van der Waals surface area contributed by atoms with Gasteiger partial charge in [0.05, 0.1) is 0 Å². The number of anilines is 2. The minimum Gasteiger partial charge on any atom is -0.442 e. The second-order valence-corrected chi connectivity index (χ2v) is 7.40. The molecule has 3 aliphatic carbocycles. The number of fused-ring (bicyclic) bond motifs is 3. The molecule has 2 atom stereocenters. The number of benzene rings is 2. The highest BCUT2D eigenvalue weighted by Gasteiger charge is 2.48. The molecule has 28 heavy (non-hydrogen) atoms. The van der Waals surface area contributed by atoms with Gasteiger partial charge in [0.15, 0.2) is 0 Å². The summed E-state index contributed by atoms with van der Waals surface area (Å²) >= 11 is 0. The summed E-state index contributed by atoms with van der Waals surface area (Å²) in [6.45, 7) is 0. The molecule has 2 aromatic rings. The summed E-state index contributed by atoms with van der Waals surface area (Å²) in [6.07, 6.45) is 2.11. The SMILES string of the molecule is O=C(Nc1ccccc1)O[C@H]1C2CCC(CC2)[C@@H]1OC(=O)Nc1ccccc1. The van der Waals surface area contributed by atoms with E-state index in [9.17, 15) is 9.59 Å². The number of hydrogen-bond acceptors (Lipinski definition) is 4. The highest BCUT2D eigenvalue weighted by molar-refractivity contribution is 5.85. The van der Waals surface area contributed by atoms with Crippen LogP contribution in [0.1, 0.15) is 25.7 Å². The summed E-state index contributed by atoms with van der Waals surface area (Å²) in [5.74, 6) is 0.446. The van der Waals surface area contributed by atoms with Crippen molar-refractivity contribution in [3.05, 3.63) is 60.7 Å². The number of para-hydroxylation sites is 2. The molecule has 2 aromatic carbocycles. The van der Waals surface area contributed by atoms with Crippen molar-refractivity contribution >= 4 is 23.6 Å². The molecule has 3 aliphatic rings. The molecule has 0 aliphatic heterocycles. The third kappa shape index (κ3) is 4.27. The molecule has 3 saturated carbocycles. The molecule has 0 unspecified atom stereocenters. The molecule has 2 N–H and O–H groups in total. The van der Waals surface area contributed by atoms with Crippen molar-refractivity contribution in [2.75, 3.05) is 10.6 Å². The molecule has 0 heterocycles. The van der Waals surface area contributed by atoms with Crippen LogP contribution in [0.25, 0.3) is 0 Å². The zero-order chi connectivity index (χ0) is 19.3. The van der Waals surface area contributed by atoms with Crippen molar-refractivity contribution in [2.24, 2.45) is 11.8 Å². The number of rotatable bonds is 4. The molecule has 0 aromatic heterocycles. The van der Waals surface area contributed by atoms with Crippen molar-refractivity contribution < 1.29 is 19.1 Å². The molecule has 2 amide bonds. The number of amides is 2. The Balaban J connectivity index is 1.40. The van der Waals surface area contributed by atoms with Gasteiger partial charge in [-0.3, -0.25) is 10.6 Å². The summed E-state index contributed by atoms with van der Waals surface area (Å²) in [4.78, 5) is 24.8. The predicted octanol–water partition coefficient (Wildman–Crippen LogP) is 5.04. The first-order valence-electron chi connectivity index (χ1n) is 9.74. The fourth-order valence-corrected chi connectivity index (χ4v) is 4.25. The van der Waals surface area contributed by atoms with E-state index in [0.29, 0.717) is 11.4 Å². The van der Waals surface area contributed by atoms with Crippen molar-refractivity contribution in [3.63, 3.8) is 0 Å². The highest BCUT2D eigenvalue weighted by Crippen LogP contribution is 2.44. The smallest absolute Gasteiger partial charge is 0.412 e. The van der Waals surface area contributed by atoms with Crippen molar-refractivity contribution in [2.45, 2.75) is 37.9 Å². The molecule has 3 fully saturated rings.